The van der Waals surface area contributed by atoms with Gasteiger partial charge in [-0.2, -0.15) is 0 Å². The van der Waals surface area contributed by atoms with Crippen molar-refractivity contribution in [1.29, 1.82) is 0 Å². The molecule has 0 spiro atoms. The fraction of sp³-hybridized carbons (Fsp3) is 1.00. The van der Waals surface area contributed by atoms with Crippen LogP contribution < -0.4 is 5.73 Å². The van der Waals surface area contributed by atoms with Gasteiger partial charge in [0.2, 0.25) is 0 Å². The van der Waals surface area contributed by atoms with Gasteiger partial charge in [-0.1, -0.05) is 19.3 Å². The van der Waals surface area contributed by atoms with E-state index < -0.39 is 0 Å². The summed E-state index contributed by atoms with van der Waals surface area (Å²) in [5.41, 5.74) is 5.63. The molecule has 0 aliphatic heterocycles. The predicted octanol–water partition coefficient (Wildman–Crippen LogP) is 1.70. The minimum Gasteiger partial charge on any atom is -0.328 e. The SMILES string of the molecule is Cl.N[13CH]1[13CH2][13CH2][13CH2][13CH2][13CH2]1. The van der Waals surface area contributed by atoms with Crippen LogP contribution in [-0.4, -0.2) is 6.04 Å². The Kier molecular flexibility index (Phi) is 4.29. The molecule has 0 aromatic heterocycles. The van der Waals surface area contributed by atoms with E-state index in [9.17, 15) is 0 Å². The molecule has 1 nitrogen and oxygen atoms in total. The molecule has 0 aromatic carbocycles. The fourth-order valence-corrected chi connectivity index (χ4v) is 1.13. The second-order valence-corrected chi connectivity index (χ2v) is 2.40. The zero-order valence-corrected chi connectivity index (χ0v) is 5.91. The average Bonchev–Trinajstić information content (AvgIpc) is 1.69. The molecule has 50 valence electrons. The van der Waals surface area contributed by atoms with Crippen LogP contribution in [0.5, 0.6) is 0 Å². The fourth-order valence-electron chi connectivity index (χ4n) is 1.13. The zero-order valence-electron chi connectivity index (χ0n) is 5.10. The third kappa shape index (κ3) is 2.53. The first-order chi connectivity index (χ1) is 3.39. The predicted molar refractivity (Wildman–Crippen MR) is 38.3 cm³/mol. The molecule has 2 N–H and O–H groups in total. The van der Waals surface area contributed by atoms with Gasteiger partial charge in [-0.25, -0.2) is 0 Å². The van der Waals surface area contributed by atoms with Crippen molar-refractivity contribution in [3.8, 4) is 0 Å². The molecule has 1 saturated carbocycles. The van der Waals surface area contributed by atoms with Crippen LogP contribution in [-0.2, 0) is 0 Å². The van der Waals surface area contributed by atoms with Crippen molar-refractivity contribution in [2.45, 2.75) is 38.1 Å². The van der Waals surface area contributed by atoms with Gasteiger partial charge in [-0.3, -0.25) is 0 Å². The lowest BCUT2D eigenvalue weighted by Gasteiger charge is -2.15. The maximum atomic E-state index is 5.63. The molecule has 1 aliphatic carbocycles. The molecular formula is C6H14ClN. The van der Waals surface area contributed by atoms with Gasteiger partial charge in [0.1, 0.15) is 0 Å². The molecule has 0 radical (unpaired) electrons. The van der Waals surface area contributed by atoms with Crippen LogP contribution in [0.15, 0.2) is 0 Å². The van der Waals surface area contributed by atoms with E-state index in [1.165, 1.54) is 32.1 Å². The van der Waals surface area contributed by atoms with Crippen LogP contribution in [0.2, 0.25) is 0 Å². The number of nitrogens with two attached hydrogens (primary N) is 1. The summed E-state index contributed by atoms with van der Waals surface area (Å²) in [5.74, 6) is 0. The summed E-state index contributed by atoms with van der Waals surface area (Å²) < 4.78 is 0. The monoisotopic (exact) mass is 141 g/mol. The average molecular weight is 142 g/mol. The van der Waals surface area contributed by atoms with E-state index in [0.29, 0.717) is 6.04 Å². The Hall–Kier alpha value is 0.250. The van der Waals surface area contributed by atoms with Crippen LogP contribution in [0, 0.1) is 0 Å². The van der Waals surface area contributed by atoms with E-state index in [0.717, 1.165) is 0 Å². The number of hydrogen-bond donors (Lipinski definition) is 1. The van der Waals surface area contributed by atoms with Gasteiger partial charge in [-0.15, -0.1) is 12.4 Å². The second kappa shape index (κ2) is 4.16. The molecule has 1 rings (SSSR count). The van der Waals surface area contributed by atoms with Crippen molar-refractivity contribution in [2.75, 3.05) is 0 Å². The lowest BCUT2D eigenvalue weighted by Crippen LogP contribution is -2.22. The minimum atomic E-state index is 0. The maximum Gasteiger partial charge on any atom is 0.00388 e. The van der Waals surface area contributed by atoms with Gasteiger partial charge in [0.05, 0.1) is 0 Å². The van der Waals surface area contributed by atoms with Gasteiger partial charge in [0, 0.05) is 6.04 Å². The van der Waals surface area contributed by atoms with Gasteiger partial charge < -0.3 is 5.73 Å². The summed E-state index contributed by atoms with van der Waals surface area (Å²) in [6.07, 6.45) is 6.66. The van der Waals surface area contributed by atoms with Crippen molar-refractivity contribution in [3.05, 3.63) is 0 Å². The topological polar surface area (TPSA) is 26.0 Å². The van der Waals surface area contributed by atoms with Crippen LogP contribution in [0.1, 0.15) is 32.1 Å². The summed E-state index contributed by atoms with van der Waals surface area (Å²) in [4.78, 5) is 0. The molecule has 2 heteroatoms. The highest BCUT2D eigenvalue weighted by Crippen LogP contribution is 2.14. The summed E-state index contributed by atoms with van der Waals surface area (Å²) in [7, 11) is 0. The third-order valence-electron chi connectivity index (χ3n) is 1.65. The lowest BCUT2D eigenvalue weighted by molar-refractivity contribution is 0.441. The Bertz CT molecular complexity index is 50.5. The molecule has 8 heavy (non-hydrogen) atoms. The van der Waals surface area contributed by atoms with Gasteiger partial charge in [0.15, 0.2) is 0 Å². The van der Waals surface area contributed by atoms with Crippen LogP contribution in [0.25, 0.3) is 0 Å². The summed E-state index contributed by atoms with van der Waals surface area (Å²) in [6, 6.07) is 0.536. The number of halogens is 1. The Labute approximate surface area is 57.1 Å². The summed E-state index contributed by atoms with van der Waals surface area (Å²) in [5, 5.41) is 0. The molecule has 0 heterocycles. The van der Waals surface area contributed by atoms with E-state index >= 15 is 0 Å². The number of rotatable bonds is 0. The van der Waals surface area contributed by atoms with Crippen molar-refractivity contribution >= 4 is 12.4 Å². The second-order valence-electron chi connectivity index (χ2n) is 2.40. The quantitative estimate of drug-likeness (QED) is 0.511. The highest BCUT2D eigenvalue weighted by atomic mass is 35.5. The maximum absolute atomic E-state index is 5.63. The molecule has 0 aromatic rings. The first-order valence-electron chi connectivity index (χ1n) is 3.15. The highest BCUT2D eigenvalue weighted by Gasteiger charge is 2.06. The van der Waals surface area contributed by atoms with Crippen molar-refractivity contribution < 1.29 is 0 Å². The van der Waals surface area contributed by atoms with Crippen molar-refractivity contribution in [1.82, 2.24) is 0 Å². The molecule has 0 bridgehead atoms. The van der Waals surface area contributed by atoms with Crippen molar-refractivity contribution in [3.63, 3.8) is 0 Å². The molecule has 1 fully saturated rings. The molecule has 0 unspecified atom stereocenters. The Morgan fingerprint density at radius 2 is 1.50 bits per heavy atom. The first kappa shape index (κ1) is 8.25. The van der Waals surface area contributed by atoms with Crippen LogP contribution in [0.4, 0.5) is 0 Å². The molecule has 0 saturated heterocycles. The first-order valence-corrected chi connectivity index (χ1v) is 3.15. The highest BCUT2D eigenvalue weighted by molar-refractivity contribution is 5.85. The summed E-state index contributed by atoms with van der Waals surface area (Å²) >= 11 is 0. The van der Waals surface area contributed by atoms with Crippen molar-refractivity contribution in [2.24, 2.45) is 5.73 Å². The van der Waals surface area contributed by atoms with Gasteiger partial charge in [0.25, 0.3) is 0 Å². The van der Waals surface area contributed by atoms with E-state index in [2.05, 4.69) is 0 Å². The zero-order chi connectivity index (χ0) is 5.11. The lowest BCUT2D eigenvalue weighted by atomic mass is 10.9. The Morgan fingerprint density at radius 1 is 1.00 bits per heavy atom. The van der Waals surface area contributed by atoms with Crippen LogP contribution >= 0.6 is 12.4 Å². The molecule has 0 atom stereocenters. The molecule has 1 aliphatic rings. The Balaban J connectivity index is 0.000000490. The minimum absolute atomic E-state index is 0. The van der Waals surface area contributed by atoms with E-state index in [4.69, 9.17) is 5.73 Å². The van der Waals surface area contributed by atoms with E-state index in [1.807, 2.05) is 0 Å². The third-order valence-corrected chi connectivity index (χ3v) is 1.65. The van der Waals surface area contributed by atoms with E-state index in [-0.39, 0.29) is 12.4 Å². The van der Waals surface area contributed by atoms with Crippen LogP contribution in [0.3, 0.4) is 0 Å². The molecule has 0 amide bonds. The molecular weight excluding hydrogens is 127 g/mol. The van der Waals surface area contributed by atoms with Gasteiger partial charge in [-0.05, 0) is 12.8 Å². The largest absolute Gasteiger partial charge is 0.328 e. The van der Waals surface area contributed by atoms with Gasteiger partial charge >= 0.3 is 0 Å². The summed E-state index contributed by atoms with van der Waals surface area (Å²) in [6.45, 7) is 0. The normalized spacial score (nSPS) is 22.1. The number of hydrogen-bond acceptors (Lipinski definition) is 1. The standard InChI is InChI=1S/C6H13N.ClH/c7-6-4-2-1-3-5-6;/h6H,1-5,7H2;1H/i1+1,2+1,3+1,4+1,5+1,6+1;. The Morgan fingerprint density at radius 3 is 1.75 bits per heavy atom. The smallest absolute Gasteiger partial charge is 0.00388 e. The van der Waals surface area contributed by atoms with E-state index in [1.54, 1.807) is 0 Å².